The number of sulfonamides is 1. The second-order valence-electron chi connectivity index (χ2n) is 6.43. The van der Waals surface area contributed by atoms with Crippen LogP contribution in [0.4, 0.5) is 10.8 Å². The van der Waals surface area contributed by atoms with Gasteiger partial charge in [-0.25, -0.2) is 13.1 Å². The largest absolute Gasteiger partial charge is 0.300 e. The zero-order valence-corrected chi connectivity index (χ0v) is 17.9. The highest BCUT2D eigenvalue weighted by Crippen LogP contribution is 2.18. The van der Waals surface area contributed by atoms with Gasteiger partial charge in [0.25, 0.3) is 5.69 Å². The van der Waals surface area contributed by atoms with Gasteiger partial charge in [0.1, 0.15) is 5.01 Å². The molecule has 31 heavy (non-hydrogen) atoms. The van der Waals surface area contributed by atoms with Gasteiger partial charge in [0.2, 0.25) is 21.1 Å². The molecule has 3 aromatic rings. The molecule has 0 aliphatic heterocycles. The van der Waals surface area contributed by atoms with E-state index in [2.05, 4.69) is 20.2 Å². The van der Waals surface area contributed by atoms with Crippen molar-refractivity contribution in [3.05, 3.63) is 75.3 Å². The van der Waals surface area contributed by atoms with Crippen molar-refractivity contribution in [3.63, 3.8) is 0 Å². The Kier molecular flexibility index (Phi) is 7.39. The minimum atomic E-state index is -3.88. The molecule has 2 aromatic carbocycles. The van der Waals surface area contributed by atoms with Crippen LogP contribution in [0.2, 0.25) is 0 Å². The van der Waals surface area contributed by atoms with E-state index in [4.69, 9.17) is 0 Å². The summed E-state index contributed by atoms with van der Waals surface area (Å²) >= 11 is 1.27. The van der Waals surface area contributed by atoms with Crippen LogP contribution < -0.4 is 10.0 Å². The lowest BCUT2D eigenvalue weighted by Crippen LogP contribution is -2.27. The van der Waals surface area contributed by atoms with Gasteiger partial charge in [-0.3, -0.25) is 14.9 Å². The lowest BCUT2D eigenvalue weighted by molar-refractivity contribution is -0.384. The van der Waals surface area contributed by atoms with Crippen LogP contribution >= 0.6 is 11.3 Å². The minimum Gasteiger partial charge on any atom is -0.300 e. The van der Waals surface area contributed by atoms with Crippen molar-refractivity contribution in [2.45, 2.75) is 24.2 Å². The van der Waals surface area contributed by atoms with Crippen molar-refractivity contribution >= 4 is 38.1 Å². The van der Waals surface area contributed by atoms with Crippen LogP contribution in [0.5, 0.6) is 0 Å². The van der Waals surface area contributed by atoms with Gasteiger partial charge in [-0.15, -0.1) is 10.2 Å². The van der Waals surface area contributed by atoms with Gasteiger partial charge in [-0.2, -0.15) is 0 Å². The molecule has 0 saturated carbocycles. The number of hydrogen-bond donors (Lipinski definition) is 2. The van der Waals surface area contributed by atoms with Crippen LogP contribution in [0.15, 0.2) is 59.5 Å². The number of aromatic nitrogens is 2. The number of nitrogens with zero attached hydrogens (tertiary/aromatic N) is 3. The van der Waals surface area contributed by atoms with Crippen molar-refractivity contribution in [1.82, 2.24) is 14.9 Å². The molecule has 2 N–H and O–H groups in total. The fraction of sp³-hybridized carbons (Fsp3) is 0.211. The van der Waals surface area contributed by atoms with Crippen molar-refractivity contribution in [2.75, 3.05) is 11.9 Å². The third kappa shape index (κ3) is 6.64. The van der Waals surface area contributed by atoms with Crippen LogP contribution in [-0.2, 0) is 27.7 Å². The topological polar surface area (TPSA) is 144 Å². The van der Waals surface area contributed by atoms with Gasteiger partial charge >= 0.3 is 0 Å². The molecule has 1 aromatic heterocycles. The first kappa shape index (κ1) is 22.5. The molecule has 10 nitrogen and oxygen atoms in total. The lowest BCUT2D eigenvalue weighted by Gasteiger charge is -2.06. The second kappa shape index (κ2) is 10.2. The van der Waals surface area contributed by atoms with Crippen molar-refractivity contribution in [3.8, 4) is 0 Å². The van der Waals surface area contributed by atoms with Gasteiger partial charge in [0, 0.05) is 31.5 Å². The molecule has 0 fully saturated rings. The van der Waals surface area contributed by atoms with E-state index in [1.807, 2.05) is 30.3 Å². The van der Waals surface area contributed by atoms with Crippen LogP contribution in [0.3, 0.4) is 0 Å². The number of nitro benzene ring substituents is 1. The van der Waals surface area contributed by atoms with Gasteiger partial charge in [-0.1, -0.05) is 41.7 Å². The zero-order chi connectivity index (χ0) is 22.3. The number of anilines is 1. The number of amides is 1. The summed E-state index contributed by atoms with van der Waals surface area (Å²) < 4.78 is 26.7. The third-order valence-corrected chi connectivity index (χ3v) is 6.56. The molecule has 0 aliphatic rings. The number of rotatable bonds is 10. The monoisotopic (exact) mass is 461 g/mol. The highest BCUT2D eigenvalue weighted by atomic mass is 32.2. The maximum absolute atomic E-state index is 12.2. The van der Waals surface area contributed by atoms with E-state index in [0.717, 1.165) is 35.7 Å². The Hall–Kier alpha value is -3.22. The number of benzene rings is 2. The molecule has 1 heterocycles. The smallest absolute Gasteiger partial charge is 0.269 e. The summed E-state index contributed by atoms with van der Waals surface area (Å²) in [4.78, 5) is 22.0. The van der Waals surface area contributed by atoms with Gasteiger partial charge in [0.05, 0.1) is 9.82 Å². The van der Waals surface area contributed by atoms with Gasteiger partial charge in [0.15, 0.2) is 0 Å². The summed E-state index contributed by atoms with van der Waals surface area (Å²) in [5, 5.41) is 22.4. The first-order chi connectivity index (χ1) is 14.8. The summed E-state index contributed by atoms with van der Waals surface area (Å²) in [7, 11) is -3.88. The Morgan fingerprint density at radius 2 is 1.74 bits per heavy atom. The Balaban J connectivity index is 1.44. The standard InChI is InChI=1S/C19H19N5O5S2/c25-17(12-13-20-31(28,29)16-9-7-15(8-10-16)24(26)27)21-19-23-22-18(30-19)11-6-14-4-2-1-3-5-14/h1-5,7-10,20H,6,11-13H2,(H,21,23,25). The number of carbonyl (C=O) groups excluding carboxylic acids is 1. The molecular formula is C19H19N5O5S2. The normalized spacial score (nSPS) is 11.2. The van der Waals surface area contributed by atoms with Crippen molar-refractivity contribution in [1.29, 1.82) is 0 Å². The van der Waals surface area contributed by atoms with Crippen LogP contribution in [-0.4, -0.2) is 36.0 Å². The van der Waals surface area contributed by atoms with Gasteiger partial charge in [-0.05, 0) is 24.1 Å². The molecule has 162 valence electrons. The van der Waals surface area contributed by atoms with E-state index in [0.29, 0.717) is 11.6 Å². The number of nitrogens with one attached hydrogen (secondary N) is 2. The summed E-state index contributed by atoms with van der Waals surface area (Å²) in [5.74, 6) is -0.405. The van der Waals surface area contributed by atoms with E-state index in [1.165, 1.54) is 16.9 Å². The SMILES string of the molecule is O=C(CCNS(=O)(=O)c1ccc([N+](=O)[O-])cc1)Nc1nnc(CCc2ccccc2)s1. The third-order valence-electron chi connectivity index (χ3n) is 4.19. The van der Waals surface area contributed by atoms with Crippen LogP contribution in [0, 0.1) is 10.1 Å². The van der Waals surface area contributed by atoms with Crippen LogP contribution in [0.25, 0.3) is 0 Å². The maximum Gasteiger partial charge on any atom is 0.269 e. The Morgan fingerprint density at radius 1 is 1.03 bits per heavy atom. The van der Waals surface area contributed by atoms with E-state index in [1.54, 1.807) is 0 Å². The molecule has 1 amide bonds. The second-order valence-corrected chi connectivity index (χ2v) is 9.26. The highest BCUT2D eigenvalue weighted by Gasteiger charge is 2.16. The Labute approximate surface area is 182 Å². The first-order valence-electron chi connectivity index (χ1n) is 9.24. The number of nitro groups is 1. The average molecular weight is 462 g/mol. The molecule has 0 atom stereocenters. The average Bonchev–Trinajstić information content (AvgIpc) is 3.20. The van der Waals surface area contributed by atoms with E-state index >= 15 is 0 Å². The fourth-order valence-electron chi connectivity index (χ4n) is 2.61. The summed E-state index contributed by atoms with van der Waals surface area (Å²) in [6, 6.07) is 14.4. The zero-order valence-electron chi connectivity index (χ0n) is 16.2. The van der Waals surface area contributed by atoms with Crippen LogP contribution in [0.1, 0.15) is 17.0 Å². The molecule has 0 aliphatic carbocycles. The molecular weight excluding hydrogens is 442 g/mol. The molecule has 0 saturated heterocycles. The van der Waals surface area contributed by atoms with Crippen molar-refractivity contribution in [2.24, 2.45) is 0 Å². The number of carbonyl (C=O) groups is 1. The predicted octanol–water partition coefficient (Wildman–Crippen LogP) is 2.54. The Morgan fingerprint density at radius 3 is 2.42 bits per heavy atom. The Bertz CT molecular complexity index is 1150. The summed E-state index contributed by atoms with van der Waals surface area (Å²) in [6.07, 6.45) is 1.41. The van der Waals surface area contributed by atoms with Crippen molar-refractivity contribution < 1.29 is 18.1 Å². The predicted molar refractivity (Wildman–Crippen MR) is 115 cm³/mol. The lowest BCUT2D eigenvalue weighted by atomic mass is 10.1. The summed E-state index contributed by atoms with van der Waals surface area (Å²) in [5.41, 5.74) is 0.974. The molecule has 12 heteroatoms. The maximum atomic E-state index is 12.2. The molecule has 3 rings (SSSR count). The number of non-ortho nitro benzene ring substituents is 1. The van der Waals surface area contributed by atoms with E-state index < -0.39 is 20.9 Å². The fourth-order valence-corrected chi connectivity index (χ4v) is 4.40. The first-order valence-corrected chi connectivity index (χ1v) is 11.5. The number of aryl methyl sites for hydroxylation is 2. The molecule has 0 bridgehead atoms. The quantitative estimate of drug-likeness (QED) is 0.349. The molecule has 0 spiro atoms. The highest BCUT2D eigenvalue weighted by molar-refractivity contribution is 7.89. The van der Waals surface area contributed by atoms with E-state index in [9.17, 15) is 23.3 Å². The minimum absolute atomic E-state index is 0.106. The molecule has 0 radical (unpaired) electrons. The summed E-state index contributed by atoms with van der Waals surface area (Å²) in [6.45, 7) is -0.134. The number of hydrogen-bond acceptors (Lipinski definition) is 8. The molecule has 0 unspecified atom stereocenters. The van der Waals surface area contributed by atoms with Gasteiger partial charge < -0.3 is 5.32 Å². The van der Waals surface area contributed by atoms with E-state index in [-0.39, 0.29) is 23.5 Å².